The summed E-state index contributed by atoms with van der Waals surface area (Å²) in [5, 5.41) is 2.02. The van der Waals surface area contributed by atoms with E-state index in [0.717, 1.165) is 27.7 Å². The fourth-order valence-corrected chi connectivity index (χ4v) is 2.06. The van der Waals surface area contributed by atoms with Crippen LogP contribution >= 0.6 is 11.3 Å². The van der Waals surface area contributed by atoms with Crippen molar-refractivity contribution in [3.8, 4) is 10.7 Å². The number of rotatable bonds is 2. The van der Waals surface area contributed by atoms with E-state index in [4.69, 9.17) is 5.73 Å². The maximum absolute atomic E-state index is 5.65. The van der Waals surface area contributed by atoms with Crippen LogP contribution in [0.25, 0.3) is 10.7 Å². The average molecular weight is 219 g/mol. The van der Waals surface area contributed by atoms with Crippen molar-refractivity contribution < 1.29 is 0 Å². The van der Waals surface area contributed by atoms with Gasteiger partial charge >= 0.3 is 0 Å². The molecule has 0 unspecified atom stereocenters. The maximum Gasteiger partial charge on any atom is 0.169 e. The average Bonchev–Trinajstić information content (AvgIpc) is 2.75. The Morgan fingerprint density at radius 3 is 2.73 bits per heavy atom. The lowest BCUT2D eigenvalue weighted by atomic mass is 10.2. The third kappa shape index (κ3) is 1.91. The first-order chi connectivity index (χ1) is 7.22. The molecule has 2 heterocycles. The maximum atomic E-state index is 5.65. The summed E-state index contributed by atoms with van der Waals surface area (Å²) in [5.41, 5.74) is 8.69. The summed E-state index contributed by atoms with van der Waals surface area (Å²) >= 11 is 1.64. The summed E-state index contributed by atoms with van der Waals surface area (Å²) in [7, 11) is 0. The summed E-state index contributed by atoms with van der Waals surface area (Å²) < 4.78 is 0. The quantitative estimate of drug-likeness (QED) is 0.843. The minimum Gasteiger partial charge on any atom is -0.325 e. The normalized spacial score (nSPS) is 10.6. The Morgan fingerprint density at radius 2 is 2.13 bits per heavy atom. The predicted molar refractivity (Wildman–Crippen MR) is 62.7 cm³/mol. The molecular weight excluding hydrogens is 206 g/mol. The Bertz CT molecular complexity index is 463. The van der Waals surface area contributed by atoms with E-state index in [1.165, 1.54) is 0 Å². The lowest BCUT2D eigenvalue weighted by Gasteiger charge is -2.07. The summed E-state index contributed by atoms with van der Waals surface area (Å²) in [6.07, 6.45) is 0. The van der Waals surface area contributed by atoms with Gasteiger partial charge in [0.05, 0.1) is 10.6 Å². The van der Waals surface area contributed by atoms with Gasteiger partial charge in [0.2, 0.25) is 0 Å². The summed E-state index contributed by atoms with van der Waals surface area (Å²) in [4.78, 5) is 10.0. The van der Waals surface area contributed by atoms with Gasteiger partial charge in [0.25, 0.3) is 0 Å². The van der Waals surface area contributed by atoms with Gasteiger partial charge in [-0.3, -0.25) is 0 Å². The van der Waals surface area contributed by atoms with E-state index in [-0.39, 0.29) is 0 Å². The first kappa shape index (κ1) is 10.3. The van der Waals surface area contributed by atoms with Gasteiger partial charge in [0.15, 0.2) is 5.82 Å². The molecule has 0 aliphatic heterocycles. The van der Waals surface area contributed by atoms with Crippen molar-refractivity contribution >= 4 is 11.3 Å². The number of aryl methyl sites for hydroxylation is 1. The van der Waals surface area contributed by atoms with Crippen LogP contribution in [0, 0.1) is 13.8 Å². The van der Waals surface area contributed by atoms with Gasteiger partial charge in [-0.2, -0.15) is 0 Å². The predicted octanol–water partition coefficient (Wildman–Crippen LogP) is 2.28. The molecule has 0 saturated carbocycles. The zero-order valence-electron chi connectivity index (χ0n) is 8.82. The Hall–Kier alpha value is -1.26. The Labute approximate surface area is 93.0 Å². The molecule has 4 heteroatoms. The SMILES string of the molecule is Cc1nc(-c2cccs2)nc(CN)c1C. The van der Waals surface area contributed by atoms with Gasteiger partial charge in [-0.05, 0) is 30.9 Å². The number of nitrogens with zero attached hydrogens (tertiary/aromatic N) is 2. The topological polar surface area (TPSA) is 51.8 Å². The molecule has 3 nitrogen and oxygen atoms in total. The summed E-state index contributed by atoms with van der Waals surface area (Å²) in [6.45, 7) is 4.47. The minimum atomic E-state index is 0.466. The summed E-state index contributed by atoms with van der Waals surface area (Å²) in [5.74, 6) is 0.786. The molecule has 0 bridgehead atoms. The fraction of sp³-hybridized carbons (Fsp3) is 0.273. The van der Waals surface area contributed by atoms with Crippen LogP contribution in [0.4, 0.5) is 0 Å². The first-order valence-electron chi connectivity index (χ1n) is 4.80. The van der Waals surface area contributed by atoms with Crippen LogP contribution in [-0.4, -0.2) is 9.97 Å². The van der Waals surface area contributed by atoms with Crippen molar-refractivity contribution in [3.05, 3.63) is 34.5 Å². The van der Waals surface area contributed by atoms with Crippen molar-refractivity contribution in [3.63, 3.8) is 0 Å². The molecule has 0 fully saturated rings. The highest BCUT2D eigenvalue weighted by molar-refractivity contribution is 7.13. The van der Waals surface area contributed by atoms with Crippen molar-refractivity contribution in [1.82, 2.24) is 9.97 Å². The van der Waals surface area contributed by atoms with Crippen LogP contribution in [-0.2, 0) is 6.54 Å². The van der Waals surface area contributed by atoms with Crippen molar-refractivity contribution in [2.45, 2.75) is 20.4 Å². The smallest absolute Gasteiger partial charge is 0.169 e. The Kier molecular flexibility index (Phi) is 2.79. The molecule has 2 aromatic heterocycles. The monoisotopic (exact) mass is 219 g/mol. The van der Waals surface area contributed by atoms with E-state index in [1.54, 1.807) is 11.3 Å². The van der Waals surface area contributed by atoms with E-state index < -0.39 is 0 Å². The van der Waals surface area contributed by atoms with Crippen LogP contribution < -0.4 is 5.73 Å². The molecule has 0 saturated heterocycles. The van der Waals surface area contributed by atoms with Crippen LogP contribution in [0.2, 0.25) is 0 Å². The first-order valence-corrected chi connectivity index (χ1v) is 5.68. The number of nitrogens with two attached hydrogens (primary N) is 1. The largest absolute Gasteiger partial charge is 0.325 e. The number of thiophene rings is 1. The molecule has 2 aromatic rings. The third-order valence-electron chi connectivity index (χ3n) is 2.42. The highest BCUT2D eigenvalue weighted by Crippen LogP contribution is 2.22. The zero-order chi connectivity index (χ0) is 10.8. The zero-order valence-corrected chi connectivity index (χ0v) is 9.64. The second-order valence-electron chi connectivity index (χ2n) is 3.39. The number of aromatic nitrogens is 2. The lowest BCUT2D eigenvalue weighted by Crippen LogP contribution is -2.06. The lowest BCUT2D eigenvalue weighted by molar-refractivity contribution is 0.927. The van der Waals surface area contributed by atoms with Gasteiger partial charge in [0, 0.05) is 12.2 Å². The van der Waals surface area contributed by atoms with Crippen LogP contribution in [0.5, 0.6) is 0 Å². The van der Waals surface area contributed by atoms with E-state index in [2.05, 4.69) is 9.97 Å². The molecule has 0 atom stereocenters. The molecule has 0 aromatic carbocycles. The highest BCUT2D eigenvalue weighted by Gasteiger charge is 2.08. The summed E-state index contributed by atoms with van der Waals surface area (Å²) in [6, 6.07) is 4.02. The number of hydrogen-bond donors (Lipinski definition) is 1. The van der Waals surface area contributed by atoms with E-state index in [9.17, 15) is 0 Å². The fourth-order valence-electron chi connectivity index (χ4n) is 1.40. The Morgan fingerprint density at radius 1 is 1.33 bits per heavy atom. The molecule has 0 aliphatic rings. The third-order valence-corrected chi connectivity index (χ3v) is 3.29. The molecule has 0 aliphatic carbocycles. The minimum absolute atomic E-state index is 0.466. The molecule has 0 amide bonds. The molecule has 2 N–H and O–H groups in total. The van der Waals surface area contributed by atoms with Crippen molar-refractivity contribution in [2.75, 3.05) is 0 Å². The van der Waals surface area contributed by atoms with Crippen LogP contribution in [0.3, 0.4) is 0 Å². The van der Waals surface area contributed by atoms with Gasteiger partial charge < -0.3 is 5.73 Å². The van der Waals surface area contributed by atoms with Crippen molar-refractivity contribution in [1.29, 1.82) is 0 Å². The van der Waals surface area contributed by atoms with Crippen LogP contribution in [0.1, 0.15) is 17.0 Å². The molecular formula is C11H13N3S. The highest BCUT2D eigenvalue weighted by atomic mass is 32.1. The van der Waals surface area contributed by atoms with Crippen molar-refractivity contribution in [2.24, 2.45) is 5.73 Å². The van der Waals surface area contributed by atoms with E-state index in [1.807, 2.05) is 31.4 Å². The molecule has 2 rings (SSSR count). The van der Waals surface area contributed by atoms with E-state index in [0.29, 0.717) is 6.54 Å². The van der Waals surface area contributed by atoms with E-state index >= 15 is 0 Å². The molecule has 0 spiro atoms. The second-order valence-corrected chi connectivity index (χ2v) is 4.33. The van der Waals surface area contributed by atoms with Gasteiger partial charge in [-0.1, -0.05) is 6.07 Å². The van der Waals surface area contributed by atoms with Gasteiger partial charge in [0.1, 0.15) is 0 Å². The van der Waals surface area contributed by atoms with Gasteiger partial charge in [-0.25, -0.2) is 9.97 Å². The number of hydrogen-bond acceptors (Lipinski definition) is 4. The molecule has 0 radical (unpaired) electrons. The molecule has 78 valence electrons. The molecule has 15 heavy (non-hydrogen) atoms. The van der Waals surface area contributed by atoms with Crippen LogP contribution in [0.15, 0.2) is 17.5 Å². The second kappa shape index (κ2) is 4.08. The standard InChI is InChI=1S/C11H13N3S/c1-7-8(2)13-11(14-9(7)6-12)10-4-3-5-15-10/h3-5H,6,12H2,1-2H3. The Balaban J connectivity index is 2.55. The van der Waals surface area contributed by atoms with Gasteiger partial charge in [-0.15, -0.1) is 11.3 Å².